The van der Waals surface area contributed by atoms with Crippen LogP contribution in [0, 0.1) is 0 Å². The molecule has 0 aromatic carbocycles. The van der Waals surface area contributed by atoms with Crippen LogP contribution in [-0.2, 0) is 9.59 Å². The zero-order chi connectivity index (χ0) is 6.57. The van der Waals surface area contributed by atoms with Crippen LogP contribution in [-0.4, -0.2) is 17.4 Å². The maximum absolute atomic E-state index is 9.41. The van der Waals surface area contributed by atoms with Crippen LogP contribution in [0.15, 0.2) is 12.2 Å². The Morgan fingerprint density at radius 2 is 1.09 bits per heavy atom. The average Bonchev–Trinajstić information content (AvgIpc) is 1.61. The van der Waals surface area contributed by atoms with Crippen molar-refractivity contribution in [2.24, 2.45) is 0 Å². The Balaban J connectivity index is -0.0000000817. The summed E-state index contributed by atoms with van der Waals surface area (Å²) in [5, 5.41) is 18.8. The minimum atomic E-state index is -1.55. The number of hydrogen-bond donors (Lipinski definition) is 0. The van der Waals surface area contributed by atoms with E-state index in [1.54, 1.807) is 0 Å². The van der Waals surface area contributed by atoms with E-state index in [0.29, 0.717) is 12.2 Å². The molecule has 0 bridgehead atoms. The van der Waals surface area contributed by atoms with Crippen LogP contribution >= 0.6 is 0 Å². The van der Waals surface area contributed by atoms with Gasteiger partial charge in [0.15, 0.2) is 0 Å². The van der Waals surface area contributed by atoms with E-state index in [1.807, 2.05) is 0 Å². The molecule has 0 aromatic heterocycles. The van der Waals surface area contributed by atoms with Gasteiger partial charge in [-0.05, 0) is 12.2 Å². The molecule has 0 saturated carbocycles. The van der Waals surface area contributed by atoms with Crippen LogP contribution in [0.1, 0.15) is 0 Å². The van der Waals surface area contributed by atoms with Crippen molar-refractivity contribution >= 4 is 11.9 Å². The van der Waals surface area contributed by atoms with E-state index in [2.05, 4.69) is 0 Å². The van der Waals surface area contributed by atoms with E-state index in [0.717, 1.165) is 0 Å². The minimum absolute atomic E-state index is 0. The van der Waals surface area contributed by atoms with Crippen molar-refractivity contribution in [1.82, 2.24) is 0 Å². The maximum Gasteiger partial charge on any atom is 1.00 e. The summed E-state index contributed by atoms with van der Waals surface area (Å²) < 4.78 is 0. The van der Waals surface area contributed by atoms with Crippen molar-refractivity contribution in [1.29, 1.82) is 0 Å². The third-order valence-electron chi connectivity index (χ3n) is 0.355. The molecular weight excluding hydrogens is 174 g/mol. The van der Waals surface area contributed by atoms with Crippen molar-refractivity contribution in [2.45, 2.75) is 0 Å². The van der Waals surface area contributed by atoms with Gasteiger partial charge in [0.05, 0.1) is 11.9 Å². The Kier molecular flexibility index (Phi) is 27.2. The Hall–Kier alpha value is 0.640. The van der Waals surface area contributed by atoms with Crippen molar-refractivity contribution in [3.05, 3.63) is 12.2 Å². The number of rotatable bonds is 2. The van der Waals surface area contributed by atoms with E-state index >= 15 is 0 Å². The van der Waals surface area contributed by atoms with Gasteiger partial charge in [-0.1, -0.05) is 0 Å². The quantitative estimate of drug-likeness (QED) is 0.308. The van der Waals surface area contributed by atoms with Crippen LogP contribution in [0.25, 0.3) is 0 Å². The largest absolute Gasteiger partial charge is 1.00 e. The molecule has 11 heavy (non-hydrogen) atoms. The van der Waals surface area contributed by atoms with E-state index in [9.17, 15) is 19.8 Å². The van der Waals surface area contributed by atoms with Gasteiger partial charge in [-0.15, -0.1) is 0 Å². The van der Waals surface area contributed by atoms with Gasteiger partial charge >= 0.3 is 59.1 Å². The standard InChI is InChI=1S/C4H4O4.2Na.H2O/c5-3(6)1-2-4(7)8;;;/h1-2H,(H,5,6)(H,7,8);;;1H2/q;2*+1;/p-2/b2-1+;;;. The van der Waals surface area contributed by atoms with E-state index in [1.165, 1.54) is 0 Å². The third-order valence-corrected chi connectivity index (χ3v) is 0.355. The molecule has 0 aliphatic rings. The smallest absolute Gasteiger partial charge is 0.545 e. The van der Waals surface area contributed by atoms with E-state index in [4.69, 9.17) is 0 Å². The summed E-state index contributed by atoms with van der Waals surface area (Å²) in [7, 11) is 0. The monoisotopic (exact) mass is 178 g/mol. The summed E-state index contributed by atoms with van der Waals surface area (Å²) in [4.78, 5) is 18.8. The number of carbonyl (C=O) groups excluding carboxylic acids is 2. The molecule has 0 radical (unpaired) electrons. The summed E-state index contributed by atoms with van der Waals surface area (Å²) in [6.45, 7) is 0. The predicted molar refractivity (Wildman–Crippen MR) is 22.8 cm³/mol. The molecule has 0 atom stereocenters. The number of carboxylic acids is 2. The van der Waals surface area contributed by atoms with Crippen molar-refractivity contribution in [3.8, 4) is 0 Å². The minimum Gasteiger partial charge on any atom is -0.545 e. The second-order valence-corrected chi connectivity index (χ2v) is 0.971. The van der Waals surface area contributed by atoms with Gasteiger partial charge in [0.25, 0.3) is 0 Å². The molecule has 0 rings (SSSR count). The van der Waals surface area contributed by atoms with Gasteiger partial charge in [0.1, 0.15) is 0 Å². The molecule has 0 amide bonds. The molecule has 5 nitrogen and oxygen atoms in total. The fraction of sp³-hybridized carbons (Fsp3) is 0. The van der Waals surface area contributed by atoms with Gasteiger partial charge in [-0.2, -0.15) is 0 Å². The average molecular weight is 178 g/mol. The van der Waals surface area contributed by atoms with Crippen molar-refractivity contribution < 1.29 is 84.4 Å². The first kappa shape index (κ1) is 22.6. The van der Waals surface area contributed by atoms with Crippen LogP contribution in [0.3, 0.4) is 0 Å². The SMILES string of the molecule is O.O=C([O-])/C=C/C(=O)[O-].[Na+].[Na+]. The molecule has 2 N–H and O–H groups in total. The van der Waals surface area contributed by atoms with Gasteiger partial charge in [0, 0.05) is 0 Å². The molecule has 52 valence electrons. The van der Waals surface area contributed by atoms with Gasteiger partial charge < -0.3 is 25.3 Å². The summed E-state index contributed by atoms with van der Waals surface area (Å²) in [5.74, 6) is -3.09. The second-order valence-electron chi connectivity index (χ2n) is 0.971. The third kappa shape index (κ3) is 25.0. The zero-order valence-corrected chi connectivity index (χ0v) is 10.3. The van der Waals surface area contributed by atoms with Crippen LogP contribution in [0.5, 0.6) is 0 Å². The Morgan fingerprint density at radius 3 is 1.18 bits per heavy atom. The van der Waals surface area contributed by atoms with E-state index < -0.39 is 11.9 Å². The fourth-order valence-corrected chi connectivity index (χ4v) is 0.136. The molecule has 0 spiro atoms. The van der Waals surface area contributed by atoms with Crippen LogP contribution in [0.2, 0.25) is 0 Å². The molecule has 0 saturated heterocycles. The first-order valence-electron chi connectivity index (χ1n) is 1.73. The van der Waals surface area contributed by atoms with Gasteiger partial charge in [-0.3, -0.25) is 0 Å². The predicted octanol–water partition coefficient (Wildman–Crippen LogP) is -9.77. The molecule has 0 fully saturated rings. The fourth-order valence-electron chi connectivity index (χ4n) is 0.136. The maximum atomic E-state index is 9.41. The Bertz CT molecular complexity index is 127. The number of aliphatic carboxylic acids is 2. The first-order valence-corrected chi connectivity index (χ1v) is 1.73. The van der Waals surface area contributed by atoms with Crippen molar-refractivity contribution in [2.75, 3.05) is 0 Å². The molecule has 0 aliphatic heterocycles. The summed E-state index contributed by atoms with van der Waals surface area (Å²) in [5.41, 5.74) is 0. The molecule has 7 heteroatoms. The Labute approximate surface area is 107 Å². The van der Waals surface area contributed by atoms with Crippen LogP contribution in [0.4, 0.5) is 0 Å². The normalized spacial score (nSPS) is 6.91. The summed E-state index contributed by atoms with van der Waals surface area (Å²) in [6, 6.07) is 0. The van der Waals surface area contributed by atoms with E-state index in [-0.39, 0.29) is 64.6 Å². The van der Waals surface area contributed by atoms with Gasteiger partial charge in [0.2, 0.25) is 0 Å². The topological polar surface area (TPSA) is 112 Å². The molecule has 0 heterocycles. The first-order chi connectivity index (χ1) is 3.63. The van der Waals surface area contributed by atoms with Gasteiger partial charge in [-0.25, -0.2) is 0 Å². The summed E-state index contributed by atoms with van der Waals surface area (Å²) >= 11 is 0. The molecule has 0 aromatic rings. The summed E-state index contributed by atoms with van der Waals surface area (Å²) in [6.07, 6.45) is 0.769. The molecular formula is C4H4Na2O5. The molecule has 0 aliphatic carbocycles. The number of carboxylic acid groups (broad SMARTS) is 2. The van der Waals surface area contributed by atoms with Crippen molar-refractivity contribution in [3.63, 3.8) is 0 Å². The number of hydrogen-bond acceptors (Lipinski definition) is 4. The zero-order valence-electron chi connectivity index (χ0n) is 6.29. The second kappa shape index (κ2) is 13.2. The Morgan fingerprint density at radius 1 is 0.909 bits per heavy atom. The number of carbonyl (C=O) groups is 2. The van der Waals surface area contributed by atoms with Crippen LogP contribution < -0.4 is 69.3 Å². The molecule has 0 unspecified atom stereocenters.